The van der Waals surface area contributed by atoms with Gasteiger partial charge in [0.25, 0.3) is 5.91 Å². The Morgan fingerprint density at radius 3 is 2.83 bits per heavy atom. The van der Waals surface area contributed by atoms with E-state index < -0.39 is 0 Å². The number of aromatic amines is 1. The smallest absolute Gasteiger partial charge is 0.253 e. The van der Waals surface area contributed by atoms with Crippen molar-refractivity contribution in [1.29, 1.82) is 0 Å². The van der Waals surface area contributed by atoms with Gasteiger partial charge in [0, 0.05) is 42.4 Å². The number of hydrogen-bond donors (Lipinski definition) is 2. The number of fused-ring (bicyclic) bond motifs is 1. The van der Waals surface area contributed by atoms with Crippen molar-refractivity contribution in [2.24, 2.45) is 0 Å². The molecule has 23 heavy (non-hydrogen) atoms. The van der Waals surface area contributed by atoms with Gasteiger partial charge in [-0.2, -0.15) is 0 Å². The molecule has 1 aliphatic heterocycles. The highest BCUT2D eigenvalue weighted by Crippen LogP contribution is 2.29. The van der Waals surface area contributed by atoms with Crippen LogP contribution in [-0.2, 0) is 0 Å². The van der Waals surface area contributed by atoms with Gasteiger partial charge in [0.1, 0.15) is 0 Å². The van der Waals surface area contributed by atoms with Crippen LogP contribution in [-0.4, -0.2) is 34.0 Å². The van der Waals surface area contributed by atoms with Crippen LogP contribution < -0.4 is 5.73 Å². The van der Waals surface area contributed by atoms with E-state index in [0.29, 0.717) is 11.8 Å². The fraction of sp³-hybridized carbons (Fsp3) is 0.294. The Balaban J connectivity index is 1.46. The van der Waals surface area contributed by atoms with Crippen LogP contribution >= 0.6 is 0 Å². The summed E-state index contributed by atoms with van der Waals surface area (Å²) in [4.78, 5) is 17.7. The lowest BCUT2D eigenvalue weighted by Gasteiger charge is -2.31. The number of nitrogen functional groups attached to an aromatic ring is 1. The molecule has 1 aromatic carbocycles. The predicted molar refractivity (Wildman–Crippen MR) is 87.1 cm³/mol. The molecule has 3 aromatic rings. The summed E-state index contributed by atoms with van der Waals surface area (Å²) >= 11 is 0. The van der Waals surface area contributed by atoms with Crippen LogP contribution in [0.3, 0.4) is 0 Å². The lowest BCUT2D eigenvalue weighted by atomic mass is 9.93. The zero-order valence-corrected chi connectivity index (χ0v) is 12.7. The third-order valence-electron chi connectivity index (χ3n) is 4.55. The van der Waals surface area contributed by atoms with Crippen LogP contribution in [0.15, 0.2) is 41.1 Å². The number of carbonyl (C=O) groups excluding carboxylic acids is 1. The molecule has 3 N–H and O–H groups in total. The van der Waals surface area contributed by atoms with E-state index in [1.807, 2.05) is 35.4 Å². The molecule has 1 fully saturated rings. The number of hydrogen-bond acceptors (Lipinski definition) is 4. The third kappa shape index (κ3) is 2.56. The van der Waals surface area contributed by atoms with Crippen molar-refractivity contribution in [2.75, 3.05) is 18.8 Å². The summed E-state index contributed by atoms with van der Waals surface area (Å²) < 4.78 is 4.94. The van der Waals surface area contributed by atoms with E-state index in [1.54, 1.807) is 6.07 Å². The first-order valence-corrected chi connectivity index (χ1v) is 7.79. The highest BCUT2D eigenvalue weighted by molar-refractivity contribution is 5.98. The summed E-state index contributed by atoms with van der Waals surface area (Å²) in [6.45, 7) is 1.44. The molecule has 0 aliphatic carbocycles. The van der Waals surface area contributed by atoms with E-state index in [1.165, 1.54) is 0 Å². The molecule has 0 spiro atoms. The van der Waals surface area contributed by atoms with Crippen molar-refractivity contribution >= 4 is 22.7 Å². The standard InChI is InChI=1S/C17H18N4O2/c18-16-10-15(20-23-16)12-4-7-21(8-5-12)17(22)13-2-1-11-3-6-19-14(11)9-13/h1-3,6,9-10,12,19H,4-5,7-8,18H2. The van der Waals surface area contributed by atoms with Gasteiger partial charge in [-0.25, -0.2) is 0 Å². The minimum atomic E-state index is 0.0830. The third-order valence-corrected chi connectivity index (χ3v) is 4.55. The maximum absolute atomic E-state index is 12.7. The van der Waals surface area contributed by atoms with E-state index in [2.05, 4.69) is 10.1 Å². The van der Waals surface area contributed by atoms with Gasteiger partial charge < -0.3 is 20.1 Å². The molecule has 6 heteroatoms. The van der Waals surface area contributed by atoms with Gasteiger partial charge in [-0.1, -0.05) is 11.2 Å². The Bertz CT molecular complexity index is 843. The van der Waals surface area contributed by atoms with Gasteiger partial charge in [-0.3, -0.25) is 4.79 Å². The minimum absolute atomic E-state index is 0.0830. The average molecular weight is 310 g/mol. The number of piperidine rings is 1. The predicted octanol–water partition coefficient (Wildman–Crippen LogP) is 2.76. The number of nitrogens with zero attached hydrogens (tertiary/aromatic N) is 2. The first kappa shape index (κ1) is 13.9. The molecule has 1 aliphatic rings. The number of rotatable bonds is 2. The van der Waals surface area contributed by atoms with Crippen LogP contribution in [0.25, 0.3) is 10.9 Å². The molecular formula is C17H18N4O2. The normalized spacial score (nSPS) is 16.1. The lowest BCUT2D eigenvalue weighted by molar-refractivity contribution is 0.0711. The summed E-state index contributed by atoms with van der Waals surface area (Å²) in [5.41, 5.74) is 8.18. The molecule has 0 radical (unpaired) electrons. The second-order valence-corrected chi connectivity index (χ2v) is 6.00. The first-order chi connectivity index (χ1) is 11.2. The molecule has 0 saturated carbocycles. The van der Waals surface area contributed by atoms with Crippen molar-refractivity contribution in [3.63, 3.8) is 0 Å². The Morgan fingerprint density at radius 2 is 2.09 bits per heavy atom. The summed E-state index contributed by atoms with van der Waals surface area (Å²) in [7, 11) is 0. The second-order valence-electron chi connectivity index (χ2n) is 6.00. The Labute approximate surface area is 133 Å². The molecule has 1 amide bonds. The fourth-order valence-corrected chi connectivity index (χ4v) is 3.24. The SMILES string of the molecule is Nc1cc(C2CCN(C(=O)c3ccc4cc[nH]c4c3)CC2)no1. The summed E-state index contributed by atoms with van der Waals surface area (Å²) in [5.74, 6) is 0.739. The highest BCUT2D eigenvalue weighted by Gasteiger charge is 2.26. The number of anilines is 1. The fourth-order valence-electron chi connectivity index (χ4n) is 3.24. The highest BCUT2D eigenvalue weighted by atomic mass is 16.5. The number of amides is 1. The van der Waals surface area contributed by atoms with Gasteiger partial charge >= 0.3 is 0 Å². The molecule has 2 aromatic heterocycles. The lowest BCUT2D eigenvalue weighted by Crippen LogP contribution is -2.38. The van der Waals surface area contributed by atoms with Gasteiger partial charge in [0.05, 0.1) is 5.69 Å². The zero-order valence-electron chi connectivity index (χ0n) is 12.7. The average Bonchev–Trinajstić information content (AvgIpc) is 3.22. The van der Waals surface area contributed by atoms with Crippen LogP contribution in [0, 0.1) is 0 Å². The summed E-state index contributed by atoms with van der Waals surface area (Å²) in [6.07, 6.45) is 3.64. The van der Waals surface area contributed by atoms with Crippen LogP contribution in [0.5, 0.6) is 0 Å². The molecule has 1 saturated heterocycles. The molecule has 0 atom stereocenters. The second kappa shape index (κ2) is 5.46. The van der Waals surface area contributed by atoms with Crippen LogP contribution in [0.2, 0.25) is 0 Å². The number of H-pyrrole nitrogens is 1. The van der Waals surface area contributed by atoms with Gasteiger partial charge in [-0.05, 0) is 36.4 Å². The molecular weight excluding hydrogens is 292 g/mol. The van der Waals surface area contributed by atoms with Crippen molar-refractivity contribution in [3.05, 3.63) is 47.8 Å². The van der Waals surface area contributed by atoms with Crippen molar-refractivity contribution in [3.8, 4) is 0 Å². The number of nitrogens with one attached hydrogen (secondary N) is 1. The maximum Gasteiger partial charge on any atom is 0.253 e. The topological polar surface area (TPSA) is 88.1 Å². The van der Waals surface area contributed by atoms with Gasteiger partial charge in [0.2, 0.25) is 5.88 Å². The van der Waals surface area contributed by atoms with Crippen LogP contribution in [0.1, 0.15) is 34.8 Å². The molecule has 0 unspecified atom stereocenters. The van der Waals surface area contributed by atoms with Crippen molar-refractivity contribution < 1.29 is 9.32 Å². The van der Waals surface area contributed by atoms with Crippen molar-refractivity contribution in [1.82, 2.24) is 15.0 Å². The van der Waals surface area contributed by atoms with E-state index >= 15 is 0 Å². The quantitative estimate of drug-likeness (QED) is 0.762. The van der Waals surface area contributed by atoms with Gasteiger partial charge in [-0.15, -0.1) is 0 Å². The largest absolute Gasteiger partial charge is 0.368 e. The summed E-state index contributed by atoms with van der Waals surface area (Å²) in [5, 5.41) is 5.10. The first-order valence-electron chi connectivity index (χ1n) is 7.79. The molecule has 118 valence electrons. The number of likely N-dealkylation sites (tertiary alicyclic amines) is 1. The number of aromatic nitrogens is 2. The molecule has 0 bridgehead atoms. The van der Waals surface area contributed by atoms with Crippen molar-refractivity contribution in [2.45, 2.75) is 18.8 Å². The van der Waals surface area contributed by atoms with E-state index in [0.717, 1.165) is 48.1 Å². The number of nitrogens with two attached hydrogens (primary N) is 1. The maximum atomic E-state index is 12.7. The van der Waals surface area contributed by atoms with Crippen LogP contribution in [0.4, 0.5) is 5.88 Å². The Hall–Kier alpha value is -2.76. The zero-order chi connectivity index (χ0) is 15.8. The Kier molecular flexibility index (Phi) is 3.29. The monoisotopic (exact) mass is 310 g/mol. The summed E-state index contributed by atoms with van der Waals surface area (Å²) in [6, 6.07) is 9.56. The van der Waals surface area contributed by atoms with E-state index in [9.17, 15) is 4.79 Å². The Morgan fingerprint density at radius 1 is 1.26 bits per heavy atom. The molecule has 3 heterocycles. The van der Waals surface area contributed by atoms with Gasteiger partial charge in [0.15, 0.2) is 0 Å². The number of carbonyl (C=O) groups is 1. The minimum Gasteiger partial charge on any atom is -0.368 e. The molecule has 6 nitrogen and oxygen atoms in total. The van der Waals surface area contributed by atoms with E-state index in [-0.39, 0.29) is 5.91 Å². The van der Waals surface area contributed by atoms with E-state index in [4.69, 9.17) is 10.3 Å². The molecule has 4 rings (SSSR count). The number of benzene rings is 1.